The number of nitrogens with one attached hydrogen (secondary N) is 1. The average molecular weight is 476 g/mol. The maximum Gasteiger partial charge on any atom is 0.251 e. The lowest BCUT2D eigenvalue weighted by Gasteiger charge is -2.10. The maximum atomic E-state index is 12.6. The van der Waals surface area contributed by atoms with E-state index in [1.165, 1.54) is 11.8 Å². The molecule has 1 N–H and O–H groups in total. The Morgan fingerprint density at radius 2 is 1.91 bits per heavy atom. The highest BCUT2D eigenvalue weighted by molar-refractivity contribution is 7.99. The van der Waals surface area contributed by atoms with Gasteiger partial charge in [-0.1, -0.05) is 17.8 Å². The molecule has 0 aliphatic carbocycles. The number of thioether (sulfide) groups is 1. The highest BCUT2D eigenvalue weighted by Crippen LogP contribution is 2.23. The topological polar surface area (TPSA) is 86.4 Å². The van der Waals surface area contributed by atoms with Crippen molar-refractivity contribution in [2.24, 2.45) is 0 Å². The lowest BCUT2D eigenvalue weighted by atomic mass is 10.1. The molecule has 4 aromatic rings. The summed E-state index contributed by atoms with van der Waals surface area (Å²) in [4.78, 5) is 29.7. The van der Waals surface area contributed by atoms with Gasteiger partial charge in [0.2, 0.25) is 0 Å². The molecule has 0 aliphatic rings. The third-order valence-corrected chi connectivity index (χ3v) is 6.00. The summed E-state index contributed by atoms with van der Waals surface area (Å²) in [6.45, 7) is 4.68. The molecule has 1 amide bonds. The van der Waals surface area contributed by atoms with E-state index in [-0.39, 0.29) is 17.4 Å². The van der Waals surface area contributed by atoms with Crippen molar-refractivity contribution in [2.45, 2.75) is 25.5 Å². The number of aryl methyl sites for hydroxylation is 1. The molecular formula is C26H25N3O4S. The lowest BCUT2D eigenvalue weighted by Crippen LogP contribution is -2.22. The SMILES string of the molecule is CCOc1ccc(C(=O)CSc2nccn2-c2cccc(C(=O)NCc3ccc(C)o3)c2)cc1. The van der Waals surface area contributed by atoms with Crippen molar-refractivity contribution in [1.29, 1.82) is 0 Å². The van der Waals surface area contributed by atoms with Crippen molar-refractivity contribution < 1.29 is 18.7 Å². The van der Waals surface area contributed by atoms with Crippen molar-refractivity contribution in [3.8, 4) is 11.4 Å². The first kappa shape index (κ1) is 23.4. The van der Waals surface area contributed by atoms with Gasteiger partial charge in [-0.25, -0.2) is 4.98 Å². The van der Waals surface area contributed by atoms with Gasteiger partial charge in [0.1, 0.15) is 17.3 Å². The van der Waals surface area contributed by atoms with Gasteiger partial charge in [-0.15, -0.1) is 0 Å². The van der Waals surface area contributed by atoms with Gasteiger partial charge in [-0.05, 0) is 68.4 Å². The summed E-state index contributed by atoms with van der Waals surface area (Å²) in [5.41, 5.74) is 1.94. The molecule has 0 radical (unpaired) electrons. The van der Waals surface area contributed by atoms with Gasteiger partial charge in [0.15, 0.2) is 10.9 Å². The van der Waals surface area contributed by atoms with Crippen molar-refractivity contribution in [2.75, 3.05) is 12.4 Å². The van der Waals surface area contributed by atoms with Crippen LogP contribution in [0.25, 0.3) is 5.69 Å². The van der Waals surface area contributed by atoms with Gasteiger partial charge in [0.25, 0.3) is 5.91 Å². The molecule has 8 heteroatoms. The van der Waals surface area contributed by atoms with Crippen LogP contribution >= 0.6 is 11.8 Å². The first-order valence-corrected chi connectivity index (χ1v) is 11.9. The number of benzene rings is 2. The fourth-order valence-electron chi connectivity index (χ4n) is 3.36. The predicted octanol–water partition coefficient (Wildman–Crippen LogP) is 5.08. The van der Waals surface area contributed by atoms with Crippen LogP contribution in [0.1, 0.15) is 39.2 Å². The molecule has 0 saturated carbocycles. The molecule has 2 aromatic carbocycles. The largest absolute Gasteiger partial charge is 0.494 e. The molecule has 2 aromatic heterocycles. The number of Topliss-reactive ketones (excluding diaryl/α,β-unsaturated/α-hetero) is 1. The molecule has 4 rings (SSSR count). The van der Waals surface area contributed by atoms with E-state index in [0.29, 0.717) is 35.2 Å². The Morgan fingerprint density at radius 3 is 2.65 bits per heavy atom. The number of imidazole rings is 1. The summed E-state index contributed by atoms with van der Waals surface area (Å²) >= 11 is 1.35. The summed E-state index contributed by atoms with van der Waals surface area (Å²) in [5, 5.41) is 3.54. The normalized spacial score (nSPS) is 10.8. The van der Waals surface area contributed by atoms with E-state index in [0.717, 1.165) is 17.2 Å². The summed E-state index contributed by atoms with van der Waals surface area (Å²) in [6.07, 6.45) is 3.49. The van der Waals surface area contributed by atoms with E-state index in [4.69, 9.17) is 9.15 Å². The van der Waals surface area contributed by atoms with Crippen LogP contribution in [0.15, 0.2) is 82.6 Å². The monoisotopic (exact) mass is 475 g/mol. The molecule has 0 unspecified atom stereocenters. The number of aromatic nitrogens is 2. The summed E-state index contributed by atoms with van der Waals surface area (Å²) in [6, 6.07) is 18.1. The second-order valence-corrected chi connectivity index (χ2v) is 8.44. The van der Waals surface area contributed by atoms with Crippen LogP contribution in [0.2, 0.25) is 0 Å². The lowest BCUT2D eigenvalue weighted by molar-refractivity contribution is 0.0947. The van der Waals surface area contributed by atoms with Crippen LogP contribution in [0, 0.1) is 6.92 Å². The summed E-state index contributed by atoms with van der Waals surface area (Å²) in [5.74, 6) is 2.29. The molecule has 7 nitrogen and oxygen atoms in total. The number of carbonyl (C=O) groups is 2. The summed E-state index contributed by atoms with van der Waals surface area (Å²) in [7, 11) is 0. The number of carbonyl (C=O) groups excluding carboxylic acids is 2. The highest BCUT2D eigenvalue weighted by Gasteiger charge is 2.13. The third kappa shape index (κ3) is 5.77. The van der Waals surface area contributed by atoms with Gasteiger partial charge in [0, 0.05) is 29.2 Å². The Morgan fingerprint density at radius 1 is 1.09 bits per heavy atom. The van der Waals surface area contributed by atoms with Crippen molar-refractivity contribution in [3.05, 3.63) is 95.7 Å². The van der Waals surface area contributed by atoms with Crippen molar-refractivity contribution >= 4 is 23.5 Å². The number of ether oxygens (including phenoxy) is 1. The molecule has 2 heterocycles. The standard InChI is InChI=1S/C26H25N3O4S/c1-3-32-22-11-8-19(9-12-22)24(30)17-34-26-27-13-14-29(26)21-6-4-5-20(15-21)25(31)28-16-23-10-7-18(2)33-23/h4-15H,3,16-17H2,1-2H3,(H,28,31). The van der Waals surface area contributed by atoms with Gasteiger partial charge in [-0.3, -0.25) is 14.2 Å². The number of ketones is 1. The van der Waals surface area contributed by atoms with E-state index < -0.39 is 0 Å². The molecule has 0 aliphatic heterocycles. The fourth-order valence-corrected chi connectivity index (χ4v) is 4.22. The fraction of sp³-hybridized carbons (Fsp3) is 0.192. The molecule has 0 fully saturated rings. The molecule has 174 valence electrons. The number of furan rings is 1. The van der Waals surface area contributed by atoms with E-state index in [1.807, 2.05) is 48.9 Å². The number of hydrogen-bond donors (Lipinski definition) is 1. The van der Waals surface area contributed by atoms with Gasteiger partial charge in [0.05, 0.1) is 18.9 Å². The Bertz CT molecular complexity index is 1280. The molecule has 34 heavy (non-hydrogen) atoms. The van der Waals surface area contributed by atoms with Crippen LogP contribution in [0.3, 0.4) is 0 Å². The Hall–Kier alpha value is -3.78. The van der Waals surface area contributed by atoms with E-state index in [9.17, 15) is 9.59 Å². The highest BCUT2D eigenvalue weighted by atomic mass is 32.2. The van der Waals surface area contributed by atoms with Crippen molar-refractivity contribution in [1.82, 2.24) is 14.9 Å². The maximum absolute atomic E-state index is 12.6. The predicted molar refractivity (Wildman–Crippen MR) is 131 cm³/mol. The first-order valence-electron chi connectivity index (χ1n) is 10.9. The smallest absolute Gasteiger partial charge is 0.251 e. The molecule has 0 bridgehead atoms. The molecule has 0 spiro atoms. The molecular weight excluding hydrogens is 450 g/mol. The second-order valence-electron chi connectivity index (χ2n) is 7.49. The zero-order valence-electron chi connectivity index (χ0n) is 19.0. The van der Waals surface area contributed by atoms with E-state index in [2.05, 4.69) is 10.3 Å². The molecule has 0 atom stereocenters. The summed E-state index contributed by atoms with van der Waals surface area (Å²) < 4.78 is 12.8. The van der Waals surface area contributed by atoms with Crippen LogP contribution in [-0.2, 0) is 6.54 Å². The second kappa shape index (κ2) is 10.9. The zero-order valence-corrected chi connectivity index (χ0v) is 19.8. The number of rotatable bonds is 10. The van der Waals surface area contributed by atoms with E-state index >= 15 is 0 Å². The van der Waals surface area contributed by atoms with Gasteiger partial charge in [-0.2, -0.15) is 0 Å². The Labute approximate surface area is 202 Å². The average Bonchev–Trinajstić information content (AvgIpc) is 3.50. The number of nitrogens with zero attached hydrogens (tertiary/aromatic N) is 2. The quantitative estimate of drug-likeness (QED) is 0.254. The number of amides is 1. The van der Waals surface area contributed by atoms with Crippen LogP contribution < -0.4 is 10.1 Å². The van der Waals surface area contributed by atoms with Gasteiger partial charge >= 0.3 is 0 Å². The zero-order chi connectivity index (χ0) is 23.9. The van der Waals surface area contributed by atoms with Gasteiger partial charge < -0.3 is 14.5 Å². The first-order chi connectivity index (χ1) is 16.5. The minimum absolute atomic E-state index is 0.00360. The Balaban J connectivity index is 1.40. The van der Waals surface area contributed by atoms with Crippen molar-refractivity contribution in [3.63, 3.8) is 0 Å². The van der Waals surface area contributed by atoms with Crippen LogP contribution in [0.5, 0.6) is 5.75 Å². The number of hydrogen-bond acceptors (Lipinski definition) is 6. The van der Waals surface area contributed by atoms with Crippen LogP contribution in [-0.4, -0.2) is 33.6 Å². The van der Waals surface area contributed by atoms with E-state index in [1.54, 1.807) is 42.6 Å². The Kier molecular flexibility index (Phi) is 7.49. The molecule has 0 saturated heterocycles. The third-order valence-electron chi connectivity index (χ3n) is 5.03. The minimum Gasteiger partial charge on any atom is -0.494 e. The van der Waals surface area contributed by atoms with Crippen LogP contribution in [0.4, 0.5) is 0 Å². The minimum atomic E-state index is -0.198.